The number of nitrogens with one attached hydrogen (secondary N) is 1. The third kappa shape index (κ3) is 6.07. The molecule has 2 aromatic heterocycles. The van der Waals surface area contributed by atoms with Crippen molar-refractivity contribution >= 4 is 41.1 Å². The number of aromatic nitrogens is 3. The van der Waals surface area contributed by atoms with Gasteiger partial charge in [-0.2, -0.15) is 11.8 Å². The third-order valence-electron chi connectivity index (χ3n) is 4.79. The van der Waals surface area contributed by atoms with Crippen LogP contribution < -0.4 is 10.2 Å². The van der Waals surface area contributed by atoms with E-state index in [2.05, 4.69) is 37.7 Å². The molecule has 1 aliphatic heterocycles. The van der Waals surface area contributed by atoms with E-state index >= 15 is 0 Å². The van der Waals surface area contributed by atoms with Crippen molar-refractivity contribution in [2.24, 2.45) is 7.05 Å². The van der Waals surface area contributed by atoms with E-state index in [0.29, 0.717) is 11.6 Å². The summed E-state index contributed by atoms with van der Waals surface area (Å²) in [4.78, 5) is 23.9. The maximum absolute atomic E-state index is 12.3. The number of thioether (sulfide) groups is 2. The molecule has 7 nitrogen and oxygen atoms in total. The van der Waals surface area contributed by atoms with Gasteiger partial charge in [0.2, 0.25) is 0 Å². The molecule has 1 aliphatic rings. The molecule has 0 bridgehead atoms. The van der Waals surface area contributed by atoms with E-state index in [9.17, 15) is 4.79 Å². The van der Waals surface area contributed by atoms with Gasteiger partial charge in [-0.3, -0.25) is 5.32 Å². The van der Waals surface area contributed by atoms with Gasteiger partial charge in [0.15, 0.2) is 5.16 Å². The first kappa shape index (κ1) is 22.8. The van der Waals surface area contributed by atoms with Crippen molar-refractivity contribution in [1.29, 1.82) is 0 Å². The molecule has 0 radical (unpaired) electrons. The molecule has 9 heteroatoms. The summed E-state index contributed by atoms with van der Waals surface area (Å²) in [5.41, 5.74) is 3.63. The molecule has 1 saturated heterocycles. The number of pyridine rings is 1. The lowest BCUT2D eigenvalue weighted by molar-refractivity contribution is 0.0635. The maximum atomic E-state index is 12.3. The Kier molecular flexibility index (Phi) is 7.23. The van der Waals surface area contributed by atoms with Crippen LogP contribution in [0.5, 0.6) is 0 Å². The minimum absolute atomic E-state index is 0.490. The normalized spacial score (nSPS) is 14.7. The summed E-state index contributed by atoms with van der Waals surface area (Å²) in [6.45, 7) is 11.6. The second kappa shape index (κ2) is 9.51. The van der Waals surface area contributed by atoms with Crippen LogP contribution in [0.25, 0.3) is 0 Å². The van der Waals surface area contributed by atoms with Crippen molar-refractivity contribution < 1.29 is 9.53 Å². The third-order valence-corrected chi connectivity index (χ3v) is 6.80. The second-order valence-electron chi connectivity index (χ2n) is 8.34. The van der Waals surface area contributed by atoms with Crippen molar-refractivity contribution in [2.45, 2.75) is 51.1 Å². The molecule has 0 aliphatic carbocycles. The fourth-order valence-corrected chi connectivity index (χ4v) is 4.94. The Bertz CT molecular complexity index is 902. The lowest BCUT2D eigenvalue weighted by Gasteiger charge is -2.29. The molecule has 0 aromatic carbocycles. The molecular formula is C21H31N5O2S2. The van der Waals surface area contributed by atoms with E-state index in [1.54, 1.807) is 11.8 Å². The Morgan fingerprint density at radius 1 is 1.23 bits per heavy atom. The summed E-state index contributed by atoms with van der Waals surface area (Å²) in [5, 5.41) is 3.77. The zero-order chi connectivity index (χ0) is 21.9. The van der Waals surface area contributed by atoms with Crippen molar-refractivity contribution in [3.8, 4) is 0 Å². The zero-order valence-electron chi connectivity index (χ0n) is 18.6. The van der Waals surface area contributed by atoms with Crippen molar-refractivity contribution in [3.63, 3.8) is 0 Å². The first-order valence-electron chi connectivity index (χ1n) is 10.1. The predicted molar refractivity (Wildman–Crippen MR) is 126 cm³/mol. The number of carbonyl (C=O) groups excluding carboxylic acids is 1. The van der Waals surface area contributed by atoms with Crippen LogP contribution in [0.3, 0.4) is 0 Å². The van der Waals surface area contributed by atoms with E-state index in [0.717, 1.165) is 52.5 Å². The Morgan fingerprint density at radius 3 is 2.53 bits per heavy atom. The topological polar surface area (TPSA) is 72.3 Å². The summed E-state index contributed by atoms with van der Waals surface area (Å²) in [5.74, 6) is 3.39. The van der Waals surface area contributed by atoms with Crippen LogP contribution in [-0.2, 0) is 17.5 Å². The van der Waals surface area contributed by atoms with Crippen molar-refractivity contribution in [3.05, 3.63) is 29.2 Å². The maximum Gasteiger partial charge on any atom is 0.413 e. The molecule has 1 fully saturated rings. The lowest BCUT2D eigenvalue weighted by Crippen LogP contribution is -2.32. The number of hydrogen-bond acceptors (Lipinski definition) is 7. The van der Waals surface area contributed by atoms with E-state index in [-0.39, 0.29) is 0 Å². The highest BCUT2D eigenvalue weighted by Gasteiger charge is 2.19. The molecule has 2 aromatic rings. The highest BCUT2D eigenvalue weighted by atomic mass is 32.2. The number of ether oxygens (including phenoxy) is 1. The molecule has 3 heterocycles. The highest BCUT2D eigenvalue weighted by Crippen LogP contribution is 2.28. The Hall–Kier alpha value is -1.87. The highest BCUT2D eigenvalue weighted by molar-refractivity contribution is 7.99. The van der Waals surface area contributed by atoms with Gasteiger partial charge in [0.25, 0.3) is 0 Å². The fraction of sp³-hybridized carbons (Fsp3) is 0.571. The first-order chi connectivity index (χ1) is 14.1. The molecule has 0 spiro atoms. The van der Waals surface area contributed by atoms with Gasteiger partial charge < -0.3 is 14.2 Å². The number of nitrogens with zero attached hydrogens (tertiary/aromatic N) is 4. The number of amides is 1. The molecular weight excluding hydrogens is 418 g/mol. The van der Waals surface area contributed by atoms with Crippen LogP contribution in [0.4, 0.5) is 16.3 Å². The van der Waals surface area contributed by atoms with E-state index < -0.39 is 11.7 Å². The number of rotatable bonds is 5. The molecule has 3 rings (SSSR count). The molecule has 0 atom stereocenters. The summed E-state index contributed by atoms with van der Waals surface area (Å²) in [7, 11) is 2.03. The minimum Gasteiger partial charge on any atom is -0.444 e. The SMILES string of the molecule is Cc1nc(SCc2cc(N3CCSCC3)cc(NC(=O)OC(C)(C)C)n2)n(C)c1C. The number of aryl methyl sites for hydroxylation is 1. The minimum atomic E-state index is -0.557. The van der Waals surface area contributed by atoms with Gasteiger partial charge in [0.1, 0.15) is 11.4 Å². The van der Waals surface area contributed by atoms with Gasteiger partial charge in [0, 0.05) is 54.8 Å². The van der Waals surface area contributed by atoms with Gasteiger partial charge >= 0.3 is 6.09 Å². The number of carbonyl (C=O) groups is 1. The first-order valence-corrected chi connectivity index (χ1v) is 12.2. The average molecular weight is 450 g/mol. The van der Waals surface area contributed by atoms with Gasteiger partial charge in [-0.25, -0.2) is 14.8 Å². The summed E-state index contributed by atoms with van der Waals surface area (Å²) >= 11 is 3.62. The monoisotopic (exact) mass is 449 g/mol. The average Bonchev–Trinajstić information content (AvgIpc) is 2.92. The van der Waals surface area contributed by atoms with Gasteiger partial charge in [0.05, 0.1) is 11.4 Å². The molecule has 164 valence electrons. The molecule has 0 saturated carbocycles. The number of hydrogen-bond donors (Lipinski definition) is 1. The molecule has 0 unspecified atom stereocenters. The smallest absolute Gasteiger partial charge is 0.413 e. The largest absolute Gasteiger partial charge is 0.444 e. The second-order valence-corrected chi connectivity index (χ2v) is 10.5. The number of anilines is 2. The number of imidazole rings is 1. The van der Waals surface area contributed by atoms with Gasteiger partial charge in [-0.15, -0.1) is 0 Å². The van der Waals surface area contributed by atoms with Crippen LogP contribution in [0.1, 0.15) is 37.9 Å². The van der Waals surface area contributed by atoms with Crippen LogP contribution >= 0.6 is 23.5 Å². The molecule has 30 heavy (non-hydrogen) atoms. The molecule has 1 N–H and O–H groups in total. The predicted octanol–water partition coefficient (Wildman–Crippen LogP) is 4.62. The van der Waals surface area contributed by atoms with Gasteiger partial charge in [-0.05, 0) is 40.7 Å². The Labute approximate surface area is 187 Å². The van der Waals surface area contributed by atoms with Crippen LogP contribution in [0, 0.1) is 13.8 Å². The van der Waals surface area contributed by atoms with Crippen LogP contribution in [0.15, 0.2) is 17.3 Å². The van der Waals surface area contributed by atoms with Crippen molar-refractivity contribution in [1.82, 2.24) is 14.5 Å². The summed E-state index contributed by atoms with van der Waals surface area (Å²) in [6.07, 6.45) is -0.490. The standard InChI is InChI=1S/C21H31N5O2S2/c1-14-15(2)25(6)19(22-14)30-13-16-11-17(26-7-9-29-10-8-26)12-18(23-16)24-20(27)28-21(3,4)5/h11-12H,7-10,13H2,1-6H3,(H,23,24,27). The quantitative estimate of drug-likeness (QED) is 0.668. The fourth-order valence-electron chi connectivity index (χ4n) is 3.08. The van der Waals surface area contributed by atoms with Crippen LogP contribution in [0.2, 0.25) is 0 Å². The molecule has 1 amide bonds. The van der Waals surface area contributed by atoms with Crippen LogP contribution in [-0.4, -0.2) is 50.8 Å². The van der Waals surface area contributed by atoms with E-state index in [4.69, 9.17) is 4.74 Å². The summed E-state index contributed by atoms with van der Waals surface area (Å²) < 4.78 is 7.51. The lowest BCUT2D eigenvalue weighted by atomic mass is 10.2. The van der Waals surface area contributed by atoms with Crippen molar-refractivity contribution in [2.75, 3.05) is 34.8 Å². The van der Waals surface area contributed by atoms with E-state index in [1.807, 2.05) is 52.6 Å². The Morgan fingerprint density at radius 2 is 1.93 bits per heavy atom. The zero-order valence-corrected chi connectivity index (χ0v) is 20.2. The summed E-state index contributed by atoms with van der Waals surface area (Å²) in [6, 6.07) is 4.05. The van der Waals surface area contributed by atoms with Gasteiger partial charge in [-0.1, -0.05) is 11.8 Å². The van der Waals surface area contributed by atoms with E-state index in [1.165, 1.54) is 0 Å². The Balaban J connectivity index is 1.81.